The number of carbonyl (C=O) groups excluding carboxylic acids is 4. The van der Waals surface area contributed by atoms with Gasteiger partial charge in [-0.05, 0) is 24.3 Å². The van der Waals surface area contributed by atoms with Crippen molar-refractivity contribution in [2.45, 2.75) is 0 Å². The van der Waals surface area contributed by atoms with E-state index in [0.717, 1.165) is 10.8 Å². The largest absolute Gasteiger partial charge is 0.456 e. The predicted molar refractivity (Wildman–Crippen MR) is 124 cm³/mol. The van der Waals surface area contributed by atoms with Crippen LogP contribution < -0.4 is 0 Å². The summed E-state index contributed by atoms with van der Waals surface area (Å²) in [4.78, 5) is 50.4. The Labute approximate surface area is 188 Å². The van der Waals surface area contributed by atoms with Crippen LogP contribution >= 0.6 is 0 Å². The Morgan fingerprint density at radius 3 is 1.18 bits per heavy atom. The molecule has 5 heteroatoms. The smallest absolute Gasteiger partial charge is 0.233 e. The molecule has 5 aromatic rings. The van der Waals surface area contributed by atoms with Crippen LogP contribution in [-0.2, 0) is 0 Å². The van der Waals surface area contributed by atoms with Crippen LogP contribution in [0.3, 0.4) is 0 Å². The van der Waals surface area contributed by atoms with Crippen molar-refractivity contribution in [1.82, 2.24) is 0 Å². The van der Waals surface area contributed by atoms with Crippen LogP contribution in [0.25, 0.3) is 21.9 Å². The highest BCUT2D eigenvalue weighted by Gasteiger charge is 2.21. The molecule has 0 saturated carbocycles. The number of hydrogen-bond acceptors (Lipinski definition) is 5. The van der Waals surface area contributed by atoms with Crippen molar-refractivity contribution in [2.24, 2.45) is 0 Å². The van der Waals surface area contributed by atoms with Crippen LogP contribution in [0.15, 0.2) is 101 Å². The lowest BCUT2D eigenvalue weighted by Gasteiger charge is -2.01. The zero-order valence-corrected chi connectivity index (χ0v) is 17.3. The van der Waals surface area contributed by atoms with Crippen molar-refractivity contribution in [1.29, 1.82) is 0 Å². The van der Waals surface area contributed by atoms with E-state index in [2.05, 4.69) is 0 Å². The lowest BCUT2D eigenvalue weighted by molar-refractivity contribution is 0.0817. The Bertz CT molecular complexity index is 1440. The summed E-state index contributed by atoms with van der Waals surface area (Å²) in [5, 5.41) is 1.48. The predicted octanol–water partition coefficient (Wildman–Crippen LogP) is 5.72. The van der Waals surface area contributed by atoms with Gasteiger partial charge in [-0.25, -0.2) is 0 Å². The zero-order valence-electron chi connectivity index (χ0n) is 17.3. The third-order valence-electron chi connectivity index (χ3n) is 5.48. The number of Topliss-reactive ketones (excluding diaryl/α,β-unsaturated/α-hetero) is 4. The first-order valence-corrected chi connectivity index (χ1v) is 10.3. The number of ketones is 4. The van der Waals surface area contributed by atoms with Crippen molar-refractivity contribution in [2.75, 3.05) is 0 Å². The molecule has 0 aliphatic rings. The SMILES string of the molecule is O=C(C(=O)c1ccc2c(c1)oc1cc(C(=O)C(=O)c3ccccc3)ccc12)c1ccccc1. The van der Waals surface area contributed by atoms with Crippen LogP contribution in [-0.4, -0.2) is 23.1 Å². The van der Waals surface area contributed by atoms with Crippen molar-refractivity contribution in [3.8, 4) is 0 Å². The molecule has 0 saturated heterocycles. The number of fused-ring (bicyclic) bond motifs is 3. The highest BCUT2D eigenvalue weighted by atomic mass is 16.3. The van der Waals surface area contributed by atoms with Gasteiger partial charge in [-0.3, -0.25) is 19.2 Å². The van der Waals surface area contributed by atoms with Crippen molar-refractivity contribution < 1.29 is 23.6 Å². The molecule has 4 aromatic carbocycles. The molecule has 0 spiro atoms. The molecule has 5 rings (SSSR count). The van der Waals surface area contributed by atoms with Crippen LogP contribution in [0.2, 0.25) is 0 Å². The van der Waals surface area contributed by atoms with Gasteiger partial charge in [0.25, 0.3) is 0 Å². The summed E-state index contributed by atoms with van der Waals surface area (Å²) in [6.45, 7) is 0. The maximum absolute atomic E-state index is 12.7. The number of furan rings is 1. The molecule has 0 bridgehead atoms. The standard InChI is InChI=1S/C28H16O5/c29-25(17-7-3-1-4-8-17)27(31)19-11-13-21-22-14-12-20(16-24(22)33-23(21)15-19)28(32)26(30)18-9-5-2-6-10-18/h1-16H. The third-order valence-corrected chi connectivity index (χ3v) is 5.48. The summed E-state index contributed by atoms with van der Waals surface area (Å²) in [7, 11) is 0. The molecule has 1 aromatic heterocycles. The fourth-order valence-electron chi connectivity index (χ4n) is 3.76. The molecule has 158 valence electrons. The zero-order chi connectivity index (χ0) is 22.9. The molecule has 33 heavy (non-hydrogen) atoms. The van der Waals surface area contributed by atoms with Crippen LogP contribution in [0, 0.1) is 0 Å². The molecule has 0 aliphatic heterocycles. The number of hydrogen-bond donors (Lipinski definition) is 0. The molecular weight excluding hydrogens is 416 g/mol. The van der Waals surface area contributed by atoms with Crippen LogP contribution in [0.5, 0.6) is 0 Å². The highest BCUT2D eigenvalue weighted by Crippen LogP contribution is 2.30. The Hall–Kier alpha value is -4.64. The molecule has 0 unspecified atom stereocenters. The summed E-state index contributed by atoms with van der Waals surface area (Å²) >= 11 is 0. The van der Waals surface area contributed by atoms with E-state index in [9.17, 15) is 19.2 Å². The number of rotatable bonds is 6. The average molecular weight is 432 g/mol. The van der Waals surface area contributed by atoms with Crippen LogP contribution in [0.1, 0.15) is 41.4 Å². The summed E-state index contributed by atoms with van der Waals surface area (Å²) in [5.74, 6) is -2.46. The normalized spacial score (nSPS) is 10.9. The lowest BCUT2D eigenvalue weighted by Crippen LogP contribution is -2.14. The minimum atomic E-state index is -0.632. The molecular formula is C28H16O5. The first-order chi connectivity index (χ1) is 16.0. The average Bonchev–Trinajstić information content (AvgIpc) is 3.25. The molecule has 0 atom stereocenters. The van der Waals surface area contributed by atoms with Gasteiger partial charge in [0.15, 0.2) is 0 Å². The van der Waals surface area contributed by atoms with E-state index in [1.807, 2.05) is 0 Å². The first kappa shape index (κ1) is 20.3. The molecule has 0 amide bonds. The number of benzene rings is 4. The summed E-state index contributed by atoms with van der Waals surface area (Å²) in [6.07, 6.45) is 0. The Morgan fingerprint density at radius 1 is 0.424 bits per heavy atom. The van der Waals surface area contributed by atoms with E-state index in [4.69, 9.17) is 4.42 Å². The molecule has 0 radical (unpaired) electrons. The molecule has 5 nitrogen and oxygen atoms in total. The van der Waals surface area contributed by atoms with E-state index in [1.54, 1.807) is 84.9 Å². The monoisotopic (exact) mass is 432 g/mol. The summed E-state index contributed by atoms with van der Waals surface area (Å²) < 4.78 is 5.88. The van der Waals surface area contributed by atoms with Crippen LogP contribution in [0.4, 0.5) is 0 Å². The second-order valence-electron chi connectivity index (χ2n) is 7.57. The van der Waals surface area contributed by atoms with E-state index < -0.39 is 23.1 Å². The number of carbonyl (C=O) groups is 4. The second kappa shape index (κ2) is 8.13. The van der Waals surface area contributed by atoms with E-state index in [0.29, 0.717) is 22.3 Å². The van der Waals surface area contributed by atoms with Gasteiger partial charge in [0.2, 0.25) is 23.1 Å². The fourth-order valence-corrected chi connectivity index (χ4v) is 3.76. The molecule has 0 N–H and O–H groups in total. The Kier molecular flexibility index (Phi) is 4.99. The van der Waals surface area contributed by atoms with Gasteiger partial charge in [-0.15, -0.1) is 0 Å². The van der Waals surface area contributed by atoms with E-state index >= 15 is 0 Å². The highest BCUT2D eigenvalue weighted by molar-refractivity contribution is 6.50. The maximum Gasteiger partial charge on any atom is 0.233 e. The minimum absolute atomic E-state index is 0.214. The third kappa shape index (κ3) is 3.66. The van der Waals surface area contributed by atoms with Crippen molar-refractivity contribution in [3.63, 3.8) is 0 Å². The van der Waals surface area contributed by atoms with Gasteiger partial charge in [0, 0.05) is 33.0 Å². The van der Waals surface area contributed by atoms with Gasteiger partial charge in [-0.2, -0.15) is 0 Å². The Morgan fingerprint density at radius 2 is 0.788 bits per heavy atom. The summed E-state index contributed by atoms with van der Waals surface area (Å²) in [6, 6.07) is 26.3. The van der Waals surface area contributed by atoms with Gasteiger partial charge in [-0.1, -0.05) is 72.8 Å². The lowest BCUT2D eigenvalue weighted by atomic mass is 9.99. The van der Waals surface area contributed by atoms with Gasteiger partial charge < -0.3 is 4.42 Å². The Balaban J connectivity index is 1.49. The molecule has 1 heterocycles. The van der Waals surface area contributed by atoms with Gasteiger partial charge in [0.05, 0.1) is 0 Å². The van der Waals surface area contributed by atoms with Gasteiger partial charge >= 0.3 is 0 Å². The van der Waals surface area contributed by atoms with Crippen molar-refractivity contribution >= 4 is 45.1 Å². The quantitative estimate of drug-likeness (QED) is 0.253. The second-order valence-corrected chi connectivity index (χ2v) is 7.57. The summed E-state index contributed by atoms with van der Waals surface area (Å²) in [5.41, 5.74) is 1.89. The topological polar surface area (TPSA) is 81.4 Å². The van der Waals surface area contributed by atoms with Gasteiger partial charge in [0.1, 0.15) is 11.2 Å². The molecule has 0 aliphatic carbocycles. The minimum Gasteiger partial charge on any atom is -0.456 e. The molecule has 0 fully saturated rings. The first-order valence-electron chi connectivity index (χ1n) is 10.3. The van der Waals surface area contributed by atoms with Crippen molar-refractivity contribution in [3.05, 3.63) is 119 Å². The maximum atomic E-state index is 12.7. The van der Waals surface area contributed by atoms with E-state index in [1.165, 1.54) is 12.1 Å². The fraction of sp³-hybridized carbons (Fsp3) is 0. The van der Waals surface area contributed by atoms with E-state index in [-0.39, 0.29) is 11.1 Å².